The first-order valence-corrected chi connectivity index (χ1v) is 11.2. The lowest BCUT2D eigenvalue weighted by molar-refractivity contribution is -0.132. The summed E-state index contributed by atoms with van der Waals surface area (Å²) in [5.74, 6) is 1.26. The predicted octanol–water partition coefficient (Wildman–Crippen LogP) is 1.84. The van der Waals surface area contributed by atoms with E-state index < -0.39 is 0 Å². The van der Waals surface area contributed by atoms with E-state index in [0.29, 0.717) is 60.9 Å². The molecule has 2 fully saturated rings. The number of fused-ring (bicyclic) bond motifs is 2. The van der Waals surface area contributed by atoms with Crippen molar-refractivity contribution < 1.29 is 19.1 Å². The maximum Gasteiger partial charge on any atom is 0.260 e. The van der Waals surface area contributed by atoms with Gasteiger partial charge < -0.3 is 19.3 Å². The third-order valence-electron chi connectivity index (χ3n) is 6.42. The van der Waals surface area contributed by atoms with E-state index in [4.69, 9.17) is 14.7 Å². The fraction of sp³-hybridized carbons (Fsp3) is 0.375. The van der Waals surface area contributed by atoms with Gasteiger partial charge in [0.15, 0.2) is 18.1 Å². The van der Waals surface area contributed by atoms with Gasteiger partial charge in [-0.25, -0.2) is 0 Å². The van der Waals surface area contributed by atoms with E-state index >= 15 is 0 Å². The molecule has 2 aliphatic heterocycles. The molecule has 0 radical (unpaired) electrons. The minimum atomic E-state index is -0.105. The van der Waals surface area contributed by atoms with Gasteiger partial charge in [-0.2, -0.15) is 5.26 Å². The number of nitrogens with one attached hydrogen (secondary N) is 1. The van der Waals surface area contributed by atoms with Gasteiger partial charge in [0.1, 0.15) is 5.52 Å². The topological polar surface area (TPSA) is 124 Å². The van der Waals surface area contributed by atoms with Crippen LogP contribution in [0.3, 0.4) is 0 Å². The number of ether oxygens (including phenoxy) is 2. The number of nitriles is 1. The highest BCUT2D eigenvalue weighted by Gasteiger charge is 2.43. The molecule has 0 bridgehead atoms. The minimum absolute atomic E-state index is 0.0234. The number of carbonyl (C=O) groups excluding carboxylic acids is 2. The summed E-state index contributed by atoms with van der Waals surface area (Å²) in [4.78, 5) is 29.4. The van der Waals surface area contributed by atoms with Gasteiger partial charge in [-0.05, 0) is 37.3 Å². The number of nitrogens with zero attached hydrogens (tertiary/aromatic N) is 5. The molecule has 2 atom stereocenters. The van der Waals surface area contributed by atoms with Gasteiger partial charge >= 0.3 is 0 Å². The molecule has 34 heavy (non-hydrogen) atoms. The van der Waals surface area contributed by atoms with Crippen LogP contribution >= 0.6 is 0 Å². The summed E-state index contributed by atoms with van der Waals surface area (Å²) < 4.78 is 11.3. The number of H-pyrrole nitrogens is 1. The second-order valence-corrected chi connectivity index (χ2v) is 8.57. The average Bonchev–Trinajstić information content (AvgIpc) is 3.57. The lowest BCUT2D eigenvalue weighted by atomic mass is 10.0. The van der Waals surface area contributed by atoms with Gasteiger partial charge in [-0.3, -0.25) is 14.7 Å². The molecule has 0 saturated carbocycles. The Labute approximate surface area is 196 Å². The molecule has 3 heterocycles. The lowest BCUT2D eigenvalue weighted by Gasteiger charge is -2.22. The third kappa shape index (κ3) is 4.12. The molecular weight excluding hydrogens is 436 g/mol. The molecule has 0 aliphatic carbocycles. The Kier molecular flexibility index (Phi) is 5.76. The highest BCUT2D eigenvalue weighted by Crippen LogP contribution is 2.33. The molecular formula is C24H24N6O4. The zero-order valence-electron chi connectivity index (χ0n) is 18.7. The highest BCUT2D eigenvalue weighted by atomic mass is 16.5. The van der Waals surface area contributed by atoms with Gasteiger partial charge in [0.05, 0.1) is 23.8 Å². The molecule has 3 aromatic rings. The second-order valence-electron chi connectivity index (χ2n) is 8.57. The number of hydrogen-bond acceptors (Lipinski definition) is 7. The molecule has 2 aliphatic rings. The second kappa shape index (κ2) is 9.02. The van der Waals surface area contributed by atoms with Crippen LogP contribution < -0.4 is 9.47 Å². The molecule has 0 unspecified atom stereocenters. The summed E-state index contributed by atoms with van der Waals surface area (Å²) in [6, 6.07) is 12.3. The van der Waals surface area contributed by atoms with Crippen molar-refractivity contribution in [2.24, 2.45) is 11.8 Å². The van der Waals surface area contributed by atoms with Crippen molar-refractivity contribution >= 4 is 22.8 Å². The summed E-state index contributed by atoms with van der Waals surface area (Å²) in [6.07, 6.45) is 0. The van der Waals surface area contributed by atoms with Crippen molar-refractivity contribution in [3.8, 4) is 17.6 Å². The van der Waals surface area contributed by atoms with E-state index in [-0.39, 0.29) is 30.3 Å². The van der Waals surface area contributed by atoms with E-state index in [9.17, 15) is 9.59 Å². The van der Waals surface area contributed by atoms with E-state index in [2.05, 4.69) is 21.5 Å². The van der Waals surface area contributed by atoms with Crippen molar-refractivity contribution in [2.75, 3.05) is 39.4 Å². The summed E-state index contributed by atoms with van der Waals surface area (Å²) in [5, 5.41) is 19.6. The van der Waals surface area contributed by atoms with Gasteiger partial charge in [-0.15, -0.1) is 5.10 Å². The van der Waals surface area contributed by atoms with E-state index in [1.807, 2.05) is 22.8 Å². The summed E-state index contributed by atoms with van der Waals surface area (Å²) >= 11 is 0. The molecule has 0 spiro atoms. The Balaban J connectivity index is 1.16. The van der Waals surface area contributed by atoms with Crippen LogP contribution in [0.25, 0.3) is 11.0 Å². The van der Waals surface area contributed by atoms with E-state index in [1.54, 1.807) is 30.3 Å². The average molecular weight is 460 g/mol. The number of benzene rings is 2. The number of hydrogen-bond donors (Lipinski definition) is 1. The van der Waals surface area contributed by atoms with E-state index in [1.165, 1.54) is 0 Å². The lowest BCUT2D eigenvalue weighted by Crippen LogP contribution is -2.37. The normalized spacial score (nSPS) is 19.2. The van der Waals surface area contributed by atoms with Crippen LogP contribution in [0.5, 0.6) is 11.5 Å². The molecule has 1 N–H and O–H groups in total. The monoisotopic (exact) mass is 460 g/mol. The number of likely N-dealkylation sites (tertiary alicyclic amines) is 2. The number of aromatic nitrogens is 3. The van der Waals surface area contributed by atoms with Gasteiger partial charge in [0.2, 0.25) is 0 Å². The van der Waals surface area contributed by atoms with Gasteiger partial charge in [0, 0.05) is 49.6 Å². The Bertz CT molecular complexity index is 1270. The van der Waals surface area contributed by atoms with Crippen molar-refractivity contribution in [3.05, 3.63) is 47.5 Å². The van der Waals surface area contributed by atoms with Crippen molar-refractivity contribution in [2.45, 2.75) is 6.92 Å². The largest absolute Gasteiger partial charge is 0.490 e. The number of aromatic amines is 1. The van der Waals surface area contributed by atoms with Crippen LogP contribution in [-0.4, -0.2) is 76.4 Å². The van der Waals surface area contributed by atoms with Crippen LogP contribution in [0.15, 0.2) is 36.4 Å². The Morgan fingerprint density at radius 2 is 1.82 bits per heavy atom. The molecule has 10 nitrogen and oxygen atoms in total. The van der Waals surface area contributed by atoms with Crippen LogP contribution in [0, 0.1) is 23.2 Å². The van der Waals surface area contributed by atoms with Crippen LogP contribution in [-0.2, 0) is 4.79 Å². The summed E-state index contributed by atoms with van der Waals surface area (Å²) in [7, 11) is 0. The number of rotatable bonds is 6. The molecule has 1 aromatic heterocycles. The summed E-state index contributed by atoms with van der Waals surface area (Å²) in [6.45, 7) is 4.61. The SMILES string of the molecule is CCOc1cc(C#N)ccc1OCC(=O)N1C[C@H]2CN(C(=O)c3ccc4[nH]nnc4c3)C[C@@H]2C1. The number of carbonyl (C=O) groups is 2. The molecule has 2 amide bonds. The maximum absolute atomic E-state index is 13.0. The molecule has 5 rings (SSSR count). The zero-order valence-corrected chi connectivity index (χ0v) is 18.7. The third-order valence-corrected chi connectivity index (χ3v) is 6.42. The molecule has 2 aromatic carbocycles. The van der Waals surface area contributed by atoms with Crippen molar-refractivity contribution in [1.82, 2.24) is 25.2 Å². The van der Waals surface area contributed by atoms with Gasteiger partial charge in [0.25, 0.3) is 11.8 Å². The predicted molar refractivity (Wildman–Crippen MR) is 121 cm³/mol. The first-order chi connectivity index (χ1) is 16.6. The fourth-order valence-electron chi connectivity index (χ4n) is 4.72. The van der Waals surface area contributed by atoms with Crippen molar-refractivity contribution in [1.29, 1.82) is 5.26 Å². The molecule has 10 heteroatoms. The minimum Gasteiger partial charge on any atom is -0.490 e. The van der Waals surface area contributed by atoms with E-state index in [0.717, 1.165) is 5.52 Å². The number of amides is 2. The Hall–Kier alpha value is -4.13. The standard InChI is InChI=1S/C24H24N6O4/c1-2-33-22-7-15(9-25)3-6-21(22)34-14-23(31)29-10-17-12-30(13-18(17)11-29)24(32)16-4-5-19-20(8-16)27-28-26-19/h3-8,17-18H,2,10-14H2,1H3,(H,26,27,28)/t17-,18-/m0/s1. The molecule has 2 saturated heterocycles. The Morgan fingerprint density at radius 1 is 1.06 bits per heavy atom. The van der Waals surface area contributed by atoms with Crippen molar-refractivity contribution in [3.63, 3.8) is 0 Å². The quantitative estimate of drug-likeness (QED) is 0.595. The van der Waals surface area contributed by atoms with Crippen LogP contribution in [0.4, 0.5) is 0 Å². The highest BCUT2D eigenvalue weighted by molar-refractivity contribution is 5.97. The zero-order chi connectivity index (χ0) is 23.7. The molecule has 174 valence electrons. The fourth-order valence-corrected chi connectivity index (χ4v) is 4.72. The Morgan fingerprint density at radius 3 is 2.56 bits per heavy atom. The smallest absolute Gasteiger partial charge is 0.260 e. The maximum atomic E-state index is 13.0. The summed E-state index contributed by atoms with van der Waals surface area (Å²) in [5.41, 5.74) is 2.52. The first-order valence-electron chi connectivity index (χ1n) is 11.2. The van der Waals surface area contributed by atoms with Crippen LogP contribution in [0.2, 0.25) is 0 Å². The van der Waals surface area contributed by atoms with Crippen LogP contribution in [0.1, 0.15) is 22.8 Å². The first kappa shape index (κ1) is 21.7. The van der Waals surface area contributed by atoms with Gasteiger partial charge in [-0.1, -0.05) is 5.21 Å².